The molecule has 0 fully saturated rings. The topological polar surface area (TPSA) is 125 Å². The molecule has 16 heavy (non-hydrogen) atoms. The van der Waals surface area contributed by atoms with Crippen molar-refractivity contribution in [2.45, 2.75) is 0 Å². The van der Waals surface area contributed by atoms with Crippen molar-refractivity contribution < 1.29 is 4.74 Å². The minimum Gasteiger partial charge on any atom is -0.467 e. The zero-order valence-electron chi connectivity index (χ0n) is 8.58. The van der Waals surface area contributed by atoms with Crippen molar-refractivity contribution in [3.63, 3.8) is 0 Å². The first-order chi connectivity index (χ1) is 7.71. The zero-order chi connectivity index (χ0) is 12.0. The number of nitrogens with two attached hydrogens (primary N) is 1. The molecule has 0 aliphatic heterocycles. The van der Waals surface area contributed by atoms with E-state index in [-0.39, 0.29) is 31.0 Å². The predicted molar refractivity (Wildman–Crippen MR) is 54.2 cm³/mol. The summed E-state index contributed by atoms with van der Waals surface area (Å²) in [5, 5.41) is 17.2. The summed E-state index contributed by atoms with van der Waals surface area (Å²) in [6.07, 6.45) is 0. The fourth-order valence-corrected chi connectivity index (χ4v) is 0.962. The molecule has 1 aromatic rings. The third-order valence-corrected chi connectivity index (χ3v) is 1.61. The highest BCUT2D eigenvalue weighted by atomic mass is 16.5. The minimum atomic E-state index is -0.0253. The van der Waals surface area contributed by atoms with Gasteiger partial charge in [-0.2, -0.15) is 25.5 Å². The Bertz CT molecular complexity index is 431. The van der Waals surface area contributed by atoms with Gasteiger partial charge in [0.1, 0.15) is 13.1 Å². The fourth-order valence-electron chi connectivity index (χ4n) is 0.962. The maximum atomic E-state index is 8.59. The third-order valence-electron chi connectivity index (χ3n) is 1.61. The Morgan fingerprint density at radius 1 is 1.25 bits per heavy atom. The maximum Gasteiger partial charge on any atom is 0.322 e. The van der Waals surface area contributed by atoms with Crippen LogP contribution in [0.5, 0.6) is 6.01 Å². The van der Waals surface area contributed by atoms with Crippen molar-refractivity contribution >= 4 is 11.9 Å². The molecule has 8 heteroatoms. The summed E-state index contributed by atoms with van der Waals surface area (Å²) < 4.78 is 4.81. The molecule has 82 valence electrons. The van der Waals surface area contributed by atoms with Crippen LogP contribution in [0.4, 0.5) is 11.9 Å². The molecule has 1 aromatic heterocycles. The van der Waals surface area contributed by atoms with Gasteiger partial charge >= 0.3 is 6.01 Å². The molecular weight excluding hydrogens is 210 g/mol. The molecule has 0 aliphatic carbocycles. The van der Waals surface area contributed by atoms with Crippen LogP contribution in [0.3, 0.4) is 0 Å². The molecule has 0 radical (unpaired) electrons. The van der Waals surface area contributed by atoms with Crippen molar-refractivity contribution in [1.82, 2.24) is 15.0 Å². The van der Waals surface area contributed by atoms with E-state index >= 15 is 0 Å². The van der Waals surface area contributed by atoms with E-state index in [9.17, 15) is 0 Å². The Balaban J connectivity index is 3.04. The van der Waals surface area contributed by atoms with Crippen LogP contribution in [0.15, 0.2) is 0 Å². The van der Waals surface area contributed by atoms with Crippen LogP contribution in [0.2, 0.25) is 0 Å². The molecule has 0 atom stereocenters. The van der Waals surface area contributed by atoms with Crippen molar-refractivity contribution in [2.75, 3.05) is 30.8 Å². The molecule has 0 spiro atoms. The molecule has 8 nitrogen and oxygen atoms in total. The highest BCUT2D eigenvalue weighted by molar-refractivity contribution is 5.38. The number of anilines is 2. The second kappa shape index (κ2) is 5.32. The SMILES string of the molecule is COc1nc(N)nc(N(CC#N)CC#N)n1. The van der Waals surface area contributed by atoms with E-state index in [4.69, 9.17) is 21.0 Å². The second-order valence-corrected chi connectivity index (χ2v) is 2.65. The number of aromatic nitrogens is 3. The number of rotatable bonds is 4. The second-order valence-electron chi connectivity index (χ2n) is 2.65. The number of ether oxygens (including phenoxy) is 1. The summed E-state index contributed by atoms with van der Waals surface area (Å²) in [5.41, 5.74) is 5.43. The van der Waals surface area contributed by atoms with Crippen molar-refractivity contribution in [2.24, 2.45) is 0 Å². The first kappa shape index (κ1) is 11.5. The number of nitriles is 2. The highest BCUT2D eigenvalue weighted by Crippen LogP contribution is 2.12. The Kier molecular flexibility index (Phi) is 3.81. The largest absolute Gasteiger partial charge is 0.467 e. The van der Waals surface area contributed by atoms with Gasteiger partial charge in [-0.05, 0) is 0 Å². The molecule has 2 N–H and O–H groups in total. The van der Waals surface area contributed by atoms with Gasteiger partial charge < -0.3 is 15.4 Å². The number of nitrogen functional groups attached to an aromatic ring is 1. The van der Waals surface area contributed by atoms with Crippen LogP contribution in [-0.4, -0.2) is 35.2 Å². The fraction of sp³-hybridized carbons (Fsp3) is 0.375. The lowest BCUT2D eigenvalue weighted by molar-refractivity contribution is 0.379. The van der Waals surface area contributed by atoms with E-state index in [2.05, 4.69) is 15.0 Å². The van der Waals surface area contributed by atoms with Gasteiger partial charge in [-0.25, -0.2) is 0 Å². The first-order valence-corrected chi connectivity index (χ1v) is 4.25. The van der Waals surface area contributed by atoms with E-state index in [1.54, 1.807) is 0 Å². The number of methoxy groups -OCH3 is 1. The molecule has 0 aliphatic rings. The van der Waals surface area contributed by atoms with Gasteiger partial charge in [0, 0.05) is 0 Å². The Labute approximate surface area is 91.9 Å². The summed E-state index contributed by atoms with van der Waals surface area (Å²) in [4.78, 5) is 12.8. The molecule has 0 saturated carbocycles. The molecule has 1 heterocycles. The van der Waals surface area contributed by atoms with Crippen LogP contribution >= 0.6 is 0 Å². The van der Waals surface area contributed by atoms with Crippen molar-refractivity contribution in [3.05, 3.63) is 0 Å². The van der Waals surface area contributed by atoms with Crippen molar-refractivity contribution in [1.29, 1.82) is 10.5 Å². The van der Waals surface area contributed by atoms with Gasteiger partial charge in [-0.3, -0.25) is 0 Å². The summed E-state index contributed by atoms with van der Waals surface area (Å²) in [7, 11) is 1.39. The maximum absolute atomic E-state index is 8.59. The van der Waals surface area contributed by atoms with Crippen LogP contribution in [0.1, 0.15) is 0 Å². The summed E-state index contributed by atoms with van der Waals surface area (Å²) in [6.45, 7) is -0.0274. The molecule has 0 amide bonds. The van der Waals surface area contributed by atoms with Gasteiger partial charge in [0.2, 0.25) is 11.9 Å². The molecule has 0 unspecified atom stereocenters. The lowest BCUT2D eigenvalue weighted by Crippen LogP contribution is -2.26. The van der Waals surface area contributed by atoms with Crippen LogP contribution in [-0.2, 0) is 0 Å². The third kappa shape index (κ3) is 2.69. The zero-order valence-corrected chi connectivity index (χ0v) is 8.58. The normalized spacial score (nSPS) is 8.94. The molecule has 0 bridgehead atoms. The Hall–Kier alpha value is -2.61. The molecule has 0 aromatic carbocycles. The average Bonchev–Trinajstić information content (AvgIpc) is 2.28. The lowest BCUT2D eigenvalue weighted by atomic mass is 10.5. The standard InChI is InChI=1S/C8H9N7O/c1-16-8-13-6(11)12-7(14-8)15(4-2-9)5-3-10/h4-5H2,1H3,(H2,11,12,13,14). The number of nitrogens with zero attached hydrogens (tertiary/aromatic N) is 6. The monoisotopic (exact) mass is 219 g/mol. The Morgan fingerprint density at radius 2 is 1.88 bits per heavy atom. The summed E-state index contributed by atoms with van der Waals surface area (Å²) in [5.74, 6) is 0.121. The molecule has 1 rings (SSSR count). The van der Waals surface area contributed by atoms with Gasteiger partial charge in [0.15, 0.2) is 0 Å². The summed E-state index contributed by atoms with van der Waals surface area (Å²) >= 11 is 0. The number of hydrogen-bond acceptors (Lipinski definition) is 8. The van der Waals surface area contributed by atoms with Crippen LogP contribution in [0.25, 0.3) is 0 Å². The van der Waals surface area contributed by atoms with E-state index in [0.717, 1.165) is 0 Å². The Morgan fingerprint density at radius 3 is 2.38 bits per heavy atom. The molecule has 0 saturated heterocycles. The smallest absolute Gasteiger partial charge is 0.322 e. The summed E-state index contributed by atoms with van der Waals surface area (Å²) in [6, 6.07) is 3.85. The highest BCUT2D eigenvalue weighted by Gasteiger charge is 2.12. The quantitative estimate of drug-likeness (QED) is 0.660. The lowest BCUT2D eigenvalue weighted by Gasteiger charge is -2.15. The first-order valence-electron chi connectivity index (χ1n) is 4.25. The van der Waals surface area contributed by atoms with E-state index < -0.39 is 0 Å². The van der Waals surface area contributed by atoms with Crippen LogP contribution < -0.4 is 15.4 Å². The van der Waals surface area contributed by atoms with Gasteiger partial charge in [0.05, 0.1) is 19.2 Å². The van der Waals surface area contributed by atoms with Gasteiger partial charge in [-0.1, -0.05) is 0 Å². The minimum absolute atomic E-state index is 0.0137. The van der Waals surface area contributed by atoms with Crippen LogP contribution in [0, 0.1) is 22.7 Å². The van der Waals surface area contributed by atoms with Crippen molar-refractivity contribution in [3.8, 4) is 18.1 Å². The van der Waals surface area contributed by atoms with E-state index in [1.165, 1.54) is 12.0 Å². The number of hydrogen-bond donors (Lipinski definition) is 1. The molecular formula is C8H9N7O. The van der Waals surface area contributed by atoms with Gasteiger partial charge in [-0.15, -0.1) is 0 Å². The van der Waals surface area contributed by atoms with E-state index in [1.807, 2.05) is 12.1 Å². The van der Waals surface area contributed by atoms with Gasteiger partial charge in [0.25, 0.3) is 0 Å². The predicted octanol–water partition coefficient (Wildman–Crippen LogP) is -0.684. The average molecular weight is 219 g/mol. The van der Waals surface area contributed by atoms with E-state index in [0.29, 0.717) is 0 Å².